The Labute approximate surface area is 60.1 Å². The van der Waals surface area contributed by atoms with E-state index in [2.05, 4.69) is 11.9 Å². The third-order valence-electron chi connectivity index (χ3n) is 1.23. The predicted octanol–water partition coefficient (Wildman–Crippen LogP) is 0.239. The van der Waals surface area contributed by atoms with Gasteiger partial charge in [0.05, 0.1) is 12.6 Å². The van der Waals surface area contributed by atoms with Gasteiger partial charge in [-0.25, -0.2) is 0 Å². The van der Waals surface area contributed by atoms with Crippen molar-refractivity contribution in [3.05, 3.63) is 19.3 Å². The average molecular weight is 140 g/mol. The smallest absolute Gasteiger partial charge is 0.222 e. The Morgan fingerprint density at radius 2 is 2.60 bits per heavy atom. The summed E-state index contributed by atoms with van der Waals surface area (Å²) in [5, 5.41) is 2.65. The maximum atomic E-state index is 10.3. The molecule has 1 heterocycles. The minimum Gasteiger partial charge on any atom is -0.369 e. The Kier molecular flexibility index (Phi) is 2.45. The summed E-state index contributed by atoms with van der Waals surface area (Å²) in [6, 6.07) is 0.118. The van der Waals surface area contributed by atoms with E-state index in [4.69, 9.17) is 4.74 Å². The molecule has 1 radical (unpaired) electrons. The minimum atomic E-state index is 0.0865. The van der Waals surface area contributed by atoms with Crippen LogP contribution in [0.25, 0.3) is 0 Å². The summed E-state index contributed by atoms with van der Waals surface area (Å²) in [5.41, 5.74) is 0. The van der Waals surface area contributed by atoms with Crippen LogP contribution in [0.15, 0.2) is 12.7 Å². The van der Waals surface area contributed by atoms with Gasteiger partial charge < -0.3 is 10.1 Å². The molecule has 1 fully saturated rings. The van der Waals surface area contributed by atoms with Crippen molar-refractivity contribution in [1.82, 2.24) is 5.32 Å². The van der Waals surface area contributed by atoms with E-state index in [-0.39, 0.29) is 11.9 Å². The quantitative estimate of drug-likeness (QED) is 0.345. The first-order valence-electron chi connectivity index (χ1n) is 3.18. The highest BCUT2D eigenvalue weighted by atomic mass is 16.5. The standard InChI is InChI=1S/C7H10NO2/c1-2-3-10-5-6-4-7(9)8-6/h2,5-6H,1,3-4H2,(H,8,9). The third-order valence-corrected chi connectivity index (χ3v) is 1.23. The number of carbonyl (C=O) groups excluding carboxylic acids is 1. The molecule has 1 rings (SSSR count). The molecule has 1 amide bonds. The monoisotopic (exact) mass is 140 g/mol. The molecule has 0 aromatic carbocycles. The molecule has 1 N–H and O–H groups in total. The summed E-state index contributed by atoms with van der Waals surface area (Å²) >= 11 is 0. The lowest BCUT2D eigenvalue weighted by Crippen LogP contribution is -2.48. The highest BCUT2D eigenvalue weighted by molar-refractivity contribution is 5.83. The van der Waals surface area contributed by atoms with E-state index in [1.54, 1.807) is 12.7 Å². The summed E-state index contributed by atoms with van der Waals surface area (Å²) in [5.74, 6) is 0.0865. The Hall–Kier alpha value is -0.830. The van der Waals surface area contributed by atoms with Crippen molar-refractivity contribution >= 4 is 5.91 Å². The number of carbonyl (C=O) groups is 1. The van der Waals surface area contributed by atoms with Crippen LogP contribution in [-0.4, -0.2) is 18.6 Å². The molecule has 0 aromatic rings. The van der Waals surface area contributed by atoms with E-state index in [0.29, 0.717) is 13.0 Å². The second-order valence-corrected chi connectivity index (χ2v) is 2.14. The summed E-state index contributed by atoms with van der Waals surface area (Å²) in [6.07, 6.45) is 2.22. The van der Waals surface area contributed by atoms with Gasteiger partial charge in [-0.05, 0) is 0 Å². The van der Waals surface area contributed by atoms with Crippen molar-refractivity contribution in [3.8, 4) is 0 Å². The molecule has 10 heavy (non-hydrogen) atoms. The van der Waals surface area contributed by atoms with Crippen molar-refractivity contribution in [2.24, 2.45) is 0 Å². The van der Waals surface area contributed by atoms with Crippen LogP contribution < -0.4 is 5.32 Å². The first-order chi connectivity index (χ1) is 4.83. The highest BCUT2D eigenvalue weighted by Gasteiger charge is 2.25. The normalized spacial score (nSPS) is 23.2. The van der Waals surface area contributed by atoms with Gasteiger partial charge in [-0.15, -0.1) is 6.58 Å². The maximum absolute atomic E-state index is 10.3. The Balaban J connectivity index is 1.95. The summed E-state index contributed by atoms with van der Waals surface area (Å²) in [6.45, 7) is 5.62. The largest absolute Gasteiger partial charge is 0.369 e. The van der Waals surface area contributed by atoms with Gasteiger partial charge in [-0.3, -0.25) is 4.79 Å². The number of ether oxygens (including phenoxy) is 1. The molecule has 1 aliphatic heterocycles. The molecule has 55 valence electrons. The fourth-order valence-electron chi connectivity index (χ4n) is 0.707. The number of nitrogens with one attached hydrogen (secondary N) is 1. The third kappa shape index (κ3) is 1.84. The van der Waals surface area contributed by atoms with Gasteiger partial charge in [0.2, 0.25) is 5.91 Å². The lowest BCUT2D eigenvalue weighted by atomic mass is 10.1. The Morgan fingerprint density at radius 1 is 1.90 bits per heavy atom. The molecule has 0 aliphatic carbocycles. The first kappa shape index (κ1) is 7.28. The van der Waals surface area contributed by atoms with Gasteiger partial charge in [0.25, 0.3) is 0 Å². The van der Waals surface area contributed by atoms with Crippen LogP contribution in [0.3, 0.4) is 0 Å². The van der Waals surface area contributed by atoms with E-state index < -0.39 is 0 Å². The molecule has 0 saturated carbocycles. The number of hydrogen-bond acceptors (Lipinski definition) is 2. The topological polar surface area (TPSA) is 38.3 Å². The number of rotatable bonds is 4. The number of amides is 1. The average Bonchev–Trinajstić information content (AvgIpc) is 1.85. The van der Waals surface area contributed by atoms with Crippen LogP contribution in [0.4, 0.5) is 0 Å². The second-order valence-electron chi connectivity index (χ2n) is 2.14. The lowest BCUT2D eigenvalue weighted by Gasteiger charge is -2.25. The Bertz CT molecular complexity index is 137. The lowest BCUT2D eigenvalue weighted by molar-refractivity contribution is -0.128. The summed E-state index contributed by atoms with van der Waals surface area (Å²) in [4.78, 5) is 10.3. The van der Waals surface area contributed by atoms with Crippen molar-refractivity contribution in [1.29, 1.82) is 0 Å². The van der Waals surface area contributed by atoms with Crippen molar-refractivity contribution in [3.63, 3.8) is 0 Å². The molecule has 0 spiro atoms. The summed E-state index contributed by atoms with van der Waals surface area (Å²) < 4.78 is 4.98. The zero-order valence-corrected chi connectivity index (χ0v) is 5.67. The maximum Gasteiger partial charge on any atom is 0.222 e. The predicted molar refractivity (Wildman–Crippen MR) is 37.0 cm³/mol. The molecule has 0 aromatic heterocycles. The molecule has 3 nitrogen and oxygen atoms in total. The number of hydrogen-bond donors (Lipinski definition) is 1. The zero-order valence-electron chi connectivity index (χ0n) is 5.67. The molecule has 0 bridgehead atoms. The van der Waals surface area contributed by atoms with Crippen LogP contribution in [0.1, 0.15) is 6.42 Å². The molecule has 1 atom stereocenters. The van der Waals surface area contributed by atoms with Crippen molar-refractivity contribution in [2.45, 2.75) is 12.5 Å². The Morgan fingerprint density at radius 3 is 3.10 bits per heavy atom. The number of β-lactam (4-membered cyclic amide) rings is 1. The van der Waals surface area contributed by atoms with Gasteiger partial charge in [0.1, 0.15) is 6.61 Å². The SMILES string of the molecule is C=CCO[CH]C1CC(=O)N1. The molecule has 1 aliphatic rings. The van der Waals surface area contributed by atoms with Crippen LogP contribution in [0.5, 0.6) is 0 Å². The van der Waals surface area contributed by atoms with Crippen molar-refractivity contribution in [2.75, 3.05) is 6.61 Å². The van der Waals surface area contributed by atoms with Gasteiger partial charge in [0, 0.05) is 6.42 Å². The molecule has 1 saturated heterocycles. The molecule has 3 heteroatoms. The van der Waals surface area contributed by atoms with E-state index in [0.717, 1.165) is 0 Å². The second kappa shape index (κ2) is 3.37. The summed E-state index contributed by atoms with van der Waals surface area (Å²) in [7, 11) is 0. The first-order valence-corrected chi connectivity index (χ1v) is 3.18. The minimum absolute atomic E-state index is 0.0865. The van der Waals surface area contributed by atoms with Gasteiger partial charge >= 0.3 is 0 Å². The van der Waals surface area contributed by atoms with Crippen LogP contribution in [0.2, 0.25) is 0 Å². The van der Waals surface area contributed by atoms with E-state index in [1.807, 2.05) is 0 Å². The van der Waals surface area contributed by atoms with Crippen LogP contribution >= 0.6 is 0 Å². The van der Waals surface area contributed by atoms with Gasteiger partial charge in [-0.1, -0.05) is 6.08 Å². The highest BCUT2D eigenvalue weighted by Crippen LogP contribution is 2.07. The zero-order chi connectivity index (χ0) is 7.40. The van der Waals surface area contributed by atoms with E-state index in [1.165, 1.54) is 0 Å². The molecule has 1 unspecified atom stereocenters. The fraction of sp³-hybridized carbons (Fsp3) is 0.429. The van der Waals surface area contributed by atoms with Crippen LogP contribution in [-0.2, 0) is 9.53 Å². The molecular weight excluding hydrogens is 130 g/mol. The van der Waals surface area contributed by atoms with E-state index in [9.17, 15) is 4.79 Å². The van der Waals surface area contributed by atoms with E-state index >= 15 is 0 Å². The van der Waals surface area contributed by atoms with Gasteiger partial charge in [0.15, 0.2) is 0 Å². The van der Waals surface area contributed by atoms with Crippen molar-refractivity contribution < 1.29 is 9.53 Å². The molecular formula is C7H10NO2. The van der Waals surface area contributed by atoms with Crippen LogP contribution in [0, 0.1) is 6.61 Å². The van der Waals surface area contributed by atoms with Gasteiger partial charge in [-0.2, -0.15) is 0 Å². The fourth-order valence-corrected chi connectivity index (χ4v) is 0.707.